The average molecular weight is 246 g/mol. The molecular weight excluding hydrogens is 232 g/mol. The summed E-state index contributed by atoms with van der Waals surface area (Å²) in [4.78, 5) is 24.4. The summed E-state index contributed by atoms with van der Waals surface area (Å²) >= 11 is 0. The Labute approximate surface area is 97.5 Å². The van der Waals surface area contributed by atoms with Crippen LogP contribution in [0.5, 0.6) is 0 Å². The Hall–Kier alpha value is -1.48. The number of aromatic nitrogens is 2. The molecule has 0 aliphatic carbocycles. The van der Waals surface area contributed by atoms with Crippen molar-refractivity contribution < 1.29 is 22.8 Å². The second-order valence-electron chi connectivity index (χ2n) is 3.45. The second-order valence-corrected chi connectivity index (χ2v) is 3.45. The number of nitrogens with zero attached hydrogens (tertiary/aromatic N) is 1. The van der Waals surface area contributed by atoms with Gasteiger partial charge in [-0.1, -0.05) is 0 Å². The summed E-state index contributed by atoms with van der Waals surface area (Å²) in [7, 11) is 0. The fraction of sp³-hybridized carbons (Fsp3) is 0.556. The summed E-state index contributed by atoms with van der Waals surface area (Å²) in [5, 5.41) is 28.5. The highest BCUT2D eigenvalue weighted by Crippen LogP contribution is 2.27. The van der Waals surface area contributed by atoms with E-state index >= 15 is 0 Å². The fourth-order valence-electron chi connectivity index (χ4n) is 1.47. The van der Waals surface area contributed by atoms with Gasteiger partial charge in [-0.25, -0.2) is 4.79 Å². The second kappa shape index (κ2) is 4.41. The summed E-state index contributed by atoms with van der Waals surface area (Å²) in [6.45, 7) is -0.749. The lowest BCUT2D eigenvalue weighted by Crippen LogP contribution is -2.37. The van der Waals surface area contributed by atoms with Crippen molar-refractivity contribution in [2.24, 2.45) is 0 Å². The SMILES string of the molecule is [2H][C@@]1(n2ccc(=O)[nH]c2=O)O[C@H](CO)[C@@H](O)[C@@]1([2H])O. The molecule has 0 unspecified atom stereocenters. The van der Waals surface area contributed by atoms with Crippen LogP contribution in [0.25, 0.3) is 0 Å². The normalized spacial score (nSPS) is 43.2. The van der Waals surface area contributed by atoms with E-state index in [1.165, 1.54) is 0 Å². The van der Waals surface area contributed by atoms with Crippen molar-refractivity contribution in [2.45, 2.75) is 24.5 Å². The minimum atomic E-state index is -2.90. The molecule has 1 aromatic heterocycles. The zero-order valence-electron chi connectivity index (χ0n) is 10.5. The van der Waals surface area contributed by atoms with Crippen LogP contribution in [-0.4, -0.2) is 49.8 Å². The summed E-state index contributed by atoms with van der Waals surface area (Å²) in [6.07, 6.45) is -8.03. The molecule has 1 saturated heterocycles. The van der Waals surface area contributed by atoms with Gasteiger partial charge in [0.05, 0.1) is 9.35 Å². The molecule has 1 aromatic rings. The molecule has 0 bridgehead atoms. The van der Waals surface area contributed by atoms with E-state index in [4.69, 9.17) is 12.6 Å². The Bertz CT molecular complexity index is 599. The van der Waals surface area contributed by atoms with Gasteiger partial charge < -0.3 is 20.1 Å². The number of rotatable bonds is 2. The maximum atomic E-state index is 11.6. The Kier molecular flexibility index (Phi) is 2.48. The third kappa shape index (κ3) is 2.03. The zero-order chi connectivity index (χ0) is 14.4. The van der Waals surface area contributed by atoms with Gasteiger partial charge in [0.1, 0.15) is 18.3 Å². The summed E-state index contributed by atoms with van der Waals surface area (Å²) in [6, 6.07) is 0.899. The van der Waals surface area contributed by atoms with E-state index in [0.29, 0.717) is 4.57 Å². The number of H-pyrrole nitrogens is 1. The largest absolute Gasteiger partial charge is 0.394 e. The Morgan fingerprint density at radius 3 is 2.76 bits per heavy atom. The molecule has 0 aromatic carbocycles. The first-order valence-electron chi connectivity index (χ1n) is 5.75. The van der Waals surface area contributed by atoms with E-state index in [-0.39, 0.29) is 0 Å². The van der Waals surface area contributed by atoms with Gasteiger partial charge >= 0.3 is 5.69 Å². The summed E-state index contributed by atoms with van der Waals surface area (Å²) in [5.74, 6) is 0. The van der Waals surface area contributed by atoms with Crippen LogP contribution in [0.4, 0.5) is 0 Å². The first-order chi connectivity index (χ1) is 8.74. The van der Waals surface area contributed by atoms with Crippen LogP contribution >= 0.6 is 0 Å². The maximum absolute atomic E-state index is 11.6. The lowest BCUT2D eigenvalue weighted by Gasteiger charge is -2.16. The zero-order valence-corrected chi connectivity index (χ0v) is 8.53. The van der Waals surface area contributed by atoms with Gasteiger partial charge in [-0.2, -0.15) is 0 Å². The molecule has 0 spiro atoms. The Balaban J connectivity index is 2.59. The lowest BCUT2D eigenvalue weighted by atomic mass is 10.1. The highest BCUT2D eigenvalue weighted by atomic mass is 16.6. The number of nitrogens with one attached hydrogen (secondary N) is 1. The minimum Gasteiger partial charge on any atom is -0.394 e. The lowest BCUT2D eigenvalue weighted by molar-refractivity contribution is -0.0550. The van der Waals surface area contributed by atoms with Crippen LogP contribution < -0.4 is 11.2 Å². The van der Waals surface area contributed by atoms with E-state index in [2.05, 4.69) is 0 Å². The maximum Gasteiger partial charge on any atom is 0.330 e. The number of hydrogen-bond donors (Lipinski definition) is 4. The number of aliphatic hydroxyl groups is 3. The average Bonchev–Trinajstić information content (AvgIpc) is 2.50. The van der Waals surface area contributed by atoms with Gasteiger partial charge in [0.25, 0.3) is 5.56 Å². The van der Waals surface area contributed by atoms with Gasteiger partial charge in [0, 0.05) is 12.3 Å². The van der Waals surface area contributed by atoms with Crippen molar-refractivity contribution in [1.82, 2.24) is 9.55 Å². The van der Waals surface area contributed by atoms with E-state index in [0.717, 1.165) is 12.3 Å². The van der Waals surface area contributed by atoms with Crippen LogP contribution in [0.3, 0.4) is 0 Å². The third-order valence-corrected chi connectivity index (χ3v) is 2.34. The molecule has 4 N–H and O–H groups in total. The highest BCUT2D eigenvalue weighted by molar-refractivity contribution is 4.92. The fourth-order valence-corrected chi connectivity index (χ4v) is 1.47. The predicted molar refractivity (Wildman–Crippen MR) is 54.3 cm³/mol. The van der Waals surface area contributed by atoms with Crippen LogP contribution in [0.1, 0.15) is 8.95 Å². The van der Waals surface area contributed by atoms with Crippen LogP contribution in [0.15, 0.2) is 21.9 Å². The van der Waals surface area contributed by atoms with Crippen LogP contribution in [0.2, 0.25) is 0 Å². The van der Waals surface area contributed by atoms with Crippen molar-refractivity contribution >= 4 is 0 Å². The highest BCUT2D eigenvalue weighted by Gasteiger charge is 2.43. The first-order valence-corrected chi connectivity index (χ1v) is 4.75. The summed E-state index contributed by atoms with van der Waals surface area (Å²) < 4.78 is 20.9. The van der Waals surface area contributed by atoms with E-state index < -0.39 is 42.3 Å². The molecule has 0 radical (unpaired) electrons. The van der Waals surface area contributed by atoms with Crippen LogP contribution in [0, 0.1) is 0 Å². The van der Waals surface area contributed by atoms with Gasteiger partial charge in [-0.05, 0) is 0 Å². The molecule has 0 amide bonds. The Morgan fingerprint density at radius 1 is 1.53 bits per heavy atom. The van der Waals surface area contributed by atoms with Crippen molar-refractivity contribution in [1.29, 1.82) is 0 Å². The molecule has 8 heteroatoms. The van der Waals surface area contributed by atoms with Crippen molar-refractivity contribution in [3.8, 4) is 0 Å². The molecule has 17 heavy (non-hydrogen) atoms. The van der Waals surface area contributed by atoms with E-state index in [1.807, 2.05) is 4.98 Å². The molecule has 1 aliphatic rings. The monoisotopic (exact) mass is 246 g/mol. The van der Waals surface area contributed by atoms with E-state index in [1.54, 1.807) is 0 Å². The van der Waals surface area contributed by atoms with Gasteiger partial charge in [0.2, 0.25) is 0 Å². The Morgan fingerprint density at radius 2 is 2.24 bits per heavy atom. The molecular formula is C9H12N2O6. The molecule has 2 heterocycles. The number of ether oxygens (including phenoxy) is 1. The van der Waals surface area contributed by atoms with E-state index in [9.17, 15) is 19.8 Å². The standard InChI is InChI=1S/C9H12N2O6/c12-3-4-6(14)7(15)8(17-4)11-2-1-5(13)10-9(11)16/h1-2,4,6-8,12,14-15H,3H2,(H,10,13,16)/t4-,6-,7-,8-/m1/s1/i7D,8D. The predicted octanol–water partition coefficient (Wildman–Crippen LogP) is -2.85. The van der Waals surface area contributed by atoms with Gasteiger partial charge in [-0.3, -0.25) is 14.3 Å². The number of hydrogen-bond acceptors (Lipinski definition) is 6. The number of aromatic amines is 1. The molecule has 4 atom stereocenters. The topological polar surface area (TPSA) is 125 Å². The number of aliphatic hydroxyl groups excluding tert-OH is 2. The smallest absolute Gasteiger partial charge is 0.330 e. The molecule has 1 aliphatic heterocycles. The molecule has 1 fully saturated rings. The third-order valence-electron chi connectivity index (χ3n) is 2.34. The van der Waals surface area contributed by atoms with Crippen molar-refractivity contribution in [3.63, 3.8) is 0 Å². The minimum absolute atomic E-state index is 0.459. The van der Waals surface area contributed by atoms with Crippen molar-refractivity contribution in [2.75, 3.05) is 6.61 Å². The van der Waals surface area contributed by atoms with Gasteiger partial charge in [0.15, 0.2) is 6.20 Å². The first kappa shape index (κ1) is 9.54. The van der Waals surface area contributed by atoms with Crippen LogP contribution in [-0.2, 0) is 4.74 Å². The molecule has 8 nitrogen and oxygen atoms in total. The van der Waals surface area contributed by atoms with Crippen molar-refractivity contribution in [3.05, 3.63) is 33.1 Å². The summed E-state index contributed by atoms with van der Waals surface area (Å²) in [5.41, 5.74) is -1.81. The quantitative estimate of drug-likeness (QED) is 0.445. The van der Waals surface area contributed by atoms with Gasteiger partial charge in [-0.15, -0.1) is 0 Å². The molecule has 2 rings (SSSR count). The molecule has 94 valence electrons. The molecule has 0 saturated carbocycles.